The Balaban J connectivity index is 1.18. The number of anilines is 1. The fourth-order valence-corrected chi connectivity index (χ4v) is 4.89. The van der Waals surface area contributed by atoms with Gasteiger partial charge >= 0.3 is 0 Å². The van der Waals surface area contributed by atoms with Crippen molar-refractivity contribution in [3.63, 3.8) is 0 Å². The van der Waals surface area contributed by atoms with Crippen LogP contribution in [-0.4, -0.2) is 63.2 Å². The average Bonchev–Trinajstić information content (AvgIpc) is 3.28. The van der Waals surface area contributed by atoms with Crippen molar-refractivity contribution >= 4 is 29.3 Å². The summed E-state index contributed by atoms with van der Waals surface area (Å²) in [6.07, 6.45) is 0. The zero-order valence-corrected chi connectivity index (χ0v) is 19.4. The molecule has 3 aromatic rings. The average molecular weight is 464 g/mol. The lowest BCUT2D eigenvalue weighted by atomic mass is 10.1. The van der Waals surface area contributed by atoms with E-state index in [-0.39, 0.29) is 17.1 Å². The van der Waals surface area contributed by atoms with Crippen molar-refractivity contribution in [3.8, 4) is 11.4 Å². The van der Waals surface area contributed by atoms with E-state index in [1.165, 1.54) is 17.3 Å². The van der Waals surface area contributed by atoms with E-state index in [0.29, 0.717) is 42.6 Å². The van der Waals surface area contributed by atoms with Crippen molar-refractivity contribution in [2.75, 3.05) is 31.5 Å². The Bertz CT molecular complexity index is 1190. The number of rotatable bonds is 4. The van der Waals surface area contributed by atoms with E-state index >= 15 is 0 Å². The highest BCUT2D eigenvalue weighted by Crippen LogP contribution is 2.36. The third-order valence-corrected chi connectivity index (χ3v) is 7.13. The first kappa shape index (κ1) is 21.7. The molecule has 2 aliphatic heterocycles. The van der Waals surface area contributed by atoms with Crippen LogP contribution in [0.2, 0.25) is 0 Å². The second-order valence-corrected chi connectivity index (χ2v) is 9.79. The Morgan fingerprint density at radius 2 is 1.91 bits per heavy atom. The largest absolute Gasteiger partial charge is 0.338 e. The SMILES string of the molecule is Cc1ccc(-c2noc(CN3CCN(C(=O)c4ccc5c(c4)NC(=O)[C@@H](C)S5)CC3)n2)cc1. The Kier molecular flexibility index (Phi) is 5.90. The number of carbonyl (C=O) groups is 2. The van der Waals surface area contributed by atoms with Gasteiger partial charge in [-0.05, 0) is 32.0 Å². The van der Waals surface area contributed by atoms with Crippen LogP contribution in [0.4, 0.5) is 5.69 Å². The van der Waals surface area contributed by atoms with Crippen molar-refractivity contribution in [3.05, 3.63) is 59.5 Å². The van der Waals surface area contributed by atoms with Gasteiger partial charge in [0.25, 0.3) is 5.91 Å². The maximum absolute atomic E-state index is 13.0. The molecule has 0 bridgehead atoms. The van der Waals surface area contributed by atoms with Crippen LogP contribution in [0.15, 0.2) is 51.9 Å². The Hall–Kier alpha value is -3.17. The molecule has 33 heavy (non-hydrogen) atoms. The van der Waals surface area contributed by atoms with Crippen LogP contribution in [0.25, 0.3) is 11.4 Å². The molecule has 0 radical (unpaired) electrons. The molecular formula is C24H25N5O3S. The third kappa shape index (κ3) is 4.65. The second kappa shape index (κ2) is 8.99. The van der Waals surface area contributed by atoms with Gasteiger partial charge in [0.15, 0.2) is 0 Å². The summed E-state index contributed by atoms with van der Waals surface area (Å²) in [6, 6.07) is 13.6. The lowest BCUT2D eigenvalue weighted by molar-refractivity contribution is -0.115. The summed E-state index contributed by atoms with van der Waals surface area (Å²) in [5.74, 6) is 1.11. The molecular weight excluding hydrogens is 438 g/mol. The van der Waals surface area contributed by atoms with Crippen molar-refractivity contribution in [1.29, 1.82) is 0 Å². The van der Waals surface area contributed by atoms with Crippen LogP contribution < -0.4 is 5.32 Å². The molecule has 170 valence electrons. The number of piperazine rings is 1. The molecule has 0 spiro atoms. The molecule has 1 N–H and O–H groups in total. The zero-order valence-electron chi connectivity index (χ0n) is 18.6. The molecule has 8 nitrogen and oxygen atoms in total. The van der Waals surface area contributed by atoms with E-state index in [1.807, 2.05) is 55.1 Å². The Morgan fingerprint density at radius 1 is 1.15 bits per heavy atom. The number of benzene rings is 2. The third-order valence-electron chi connectivity index (χ3n) is 5.95. The van der Waals surface area contributed by atoms with Gasteiger partial charge in [-0.2, -0.15) is 4.98 Å². The number of thioether (sulfide) groups is 1. The first-order valence-electron chi connectivity index (χ1n) is 11.0. The van der Waals surface area contributed by atoms with Gasteiger partial charge in [-0.1, -0.05) is 35.0 Å². The molecule has 1 atom stereocenters. The summed E-state index contributed by atoms with van der Waals surface area (Å²) in [4.78, 5) is 34.6. The molecule has 1 saturated heterocycles. The van der Waals surface area contributed by atoms with Crippen LogP contribution in [-0.2, 0) is 11.3 Å². The first-order valence-corrected chi connectivity index (χ1v) is 11.9. The number of aryl methyl sites for hydroxylation is 1. The fourth-order valence-electron chi connectivity index (χ4n) is 3.96. The summed E-state index contributed by atoms with van der Waals surface area (Å²) >= 11 is 1.51. The molecule has 0 unspecified atom stereocenters. The first-order chi connectivity index (χ1) is 16.0. The van der Waals surface area contributed by atoms with Crippen LogP contribution >= 0.6 is 11.8 Å². The summed E-state index contributed by atoms with van der Waals surface area (Å²) in [6.45, 7) is 7.16. The van der Waals surface area contributed by atoms with E-state index in [4.69, 9.17) is 4.52 Å². The van der Waals surface area contributed by atoms with Crippen LogP contribution in [0.5, 0.6) is 0 Å². The van der Waals surface area contributed by atoms with Crippen molar-refractivity contribution in [2.24, 2.45) is 0 Å². The second-order valence-electron chi connectivity index (χ2n) is 8.41. The number of hydrogen-bond donors (Lipinski definition) is 1. The molecule has 2 aromatic carbocycles. The summed E-state index contributed by atoms with van der Waals surface area (Å²) in [7, 11) is 0. The summed E-state index contributed by atoms with van der Waals surface area (Å²) < 4.78 is 5.44. The van der Waals surface area contributed by atoms with Gasteiger partial charge in [0.2, 0.25) is 17.6 Å². The molecule has 2 aliphatic rings. The van der Waals surface area contributed by atoms with Crippen LogP contribution in [0, 0.1) is 6.92 Å². The lowest BCUT2D eigenvalue weighted by Crippen LogP contribution is -2.48. The van der Waals surface area contributed by atoms with Crippen molar-refractivity contribution in [1.82, 2.24) is 19.9 Å². The van der Waals surface area contributed by atoms with E-state index in [1.54, 1.807) is 6.07 Å². The van der Waals surface area contributed by atoms with E-state index in [2.05, 4.69) is 20.4 Å². The van der Waals surface area contributed by atoms with Crippen molar-refractivity contribution in [2.45, 2.75) is 30.5 Å². The van der Waals surface area contributed by atoms with Gasteiger partial charge < -0.3 is 14.7 Å². The number of carbonyl (C=O) groups excluding carboxylic acids is 2. The van der Waals surface area contributed by atoms with E-state index in [9.17, 15) is 9.59 Å². The van der Waals surface area contributed by atoms with Gasteiger partial charge in [-0.3, -0.25) is 14.5 Å². The molecule has 1 aromatic heterocycles. The smallest absolute Gasteiger partial charge is 0.254 e. The van der Waals surface area contributed by atoms with Gasteiger partial charge in [0.05, 0.1) is 17.5 Å². The number of amides is 2. The molecule has 1 fully saturated rings. The topological polar surface area (TPSA) is 91.6 Å². The number of aromatic nitrogens is 2. The predicted molar refractivity (Wildman–Crippen MR) is 126 cm³/mol. The number of hydrogen-bond acceptors (Lipinski definition) is 7. The Labute approximate surface area is 196 Å². The van der Waals surface area contributed by atoms with Crippen molar-refractivity contribution < 1.29 is 14.1 Å². The van der Waals surface area contributed by atoms with Gasteiger partial charge in [0, 0.05) is 42.2 Å². The van der Waals surface area contributed by atoms with E-state index in [0.717, 1.165) is 23.5 Å². The minimum Gasteiger partial charge on any atom is -0.338 e. The maximum Gasteiger partial charge on any atom is 0.254 e. The Morgan fingerprint density at radius 3 is 2.67 bits per heavy atom. The molecule has 0 saturated carbocycles. The van der Waals surface area contributed by atoms with E-state index < -0.39 is 0 Å². The highest BCUT2D eigenvalue weighted by Gasteiger charge is 2.27. The minimum atomic E-state index is -0.126. The quantitative estimate of drug-likeness (QED) is 0.634. The summed E-state index contributed by atoms with van der Waals surface area (Å²) in [5.41, 5.74) is 3.43. The normalized spacial score (nSPS) is 18.7. The van der Waals surface area contributed by atoms with Gasteiger partial charge in [0.1, 0.15) is 0 Å². The molecule has 0 aliphatic carbocycles. The highest BCUT2D eigenvalue weighted by molar-refractivity contribution is 8.00. The number of fused-ring (bicyclic) bond motifs is 1. The molecule has 5 rings (SSSR count). The standard InChI is InChI=1S/C24H25N5O3S/c1-15-3-5-17(6-4-15)22-26-21(32-27-22)14-28-9-11-29(12-10-28)24(31)18-7-8-20-19(13-18)25-23(30)16(2)33-20/h3-8,13,16H,9-12,14H2,1-2H3,(H,25,30)/t16-/m1/s1. The van der Waals surface area contributed by atoms with Gasteiger partial charge in [-0.25, -0.2) is 0 Å². The van der Waals surface area contributed by atoms with Crippen LogP contribution in [0.1, 0.15) is 28.7 Å². The lowest BCUT2D eigenvalue weighted by Gasteiger charge is -2.34. The highest BCUT2D eigenvalue weighted by atomic mass is 32.2. The molecule has 9 heteroatoms. The molecule has 3 heterocycles. The molecule has 2 amide bonds. The van der Waals surface area contributed by atoms with Gasteiger partial charge in [-0.15, -0.1) is 11.8 Å². The zero-order chi connectivity index (χ0) is 22.9. The number of nitrogens with one attached hydrogen (secondary N) is 1. The monoisotopic (exact) mass is 463 g/mol. The van der Waals surface area contributed by atoms with Crippen LogP contribution in [0.3, 0.4) is 0 Å². The predicted octanol–water partition coefficient (Wildman–Crippen LogP) is 3.44. The number of nitrogens with zero attached hydrogens (tertiary/aromatic N) is 4. The fraction of sp³-hybridized carbons (Fsp3) is 0.333. The minimum absolute atomic E-state index is 0.0187. The summed E-state index contributed by atoms with van der Waals surface area (Å²) in [5, 5.41) is 6.87. The maximum atomic E-state index is 13.0.